The van der Waals surface area contributed by atoms with Gasteiger partial charge in [-0.3, -0.25) is 9.59 Å². The van der Waals surface area contributed by atoms with Gasteiger partial charge in [0, 0.05) is 20.4 Å². The third-order valence-electron chi connectivity index (χ3n) is 3.58. The molecule has 0 aromatic heterocycles. The van der Waals surface area contributed by atoms with E-state index < -0.39 is 11.5 Å². The number of hydrogen-bond acceptors (Lipinski definition) is 3. The highest BCUT2D eigenvalue weighted by Gasteiger charge is 2.46. The molecule has 0 radical (unpaired) electrons. The molecule has 1 aliphatic rings. The summed E-state index contributed by atoms with van der Waals surface area (Å²) in [4.78, 5) is 24.4. The fourth-order valence-corrected chi connectivity index (χ4v) is 2.81. The molecule has 0 saturated carbocycles. The number of carbonyl (C=O) groups is 2. The van der Waals surface area contributed by atoms with Gasteiger partial charge in [-0.15, -0.1) is 0 Å². The number of amides is 1. The predicted molar refractivity (Wildman–Crippen MR) is 87.1 cm³/mol. The van der Waals surface area contributed by atoms with Crippen LogP contribution >= 0.6 is 22.6 Å². The van der Waals surface area contributed by atoms with Gasteiger partial charge in [0.05, 0.1) is 6.42 Å². The standard InChI is InChI=1S/C16H12INO3/c17-11-7-5-10(6-8-11)14(19)9-16(21)12-3-1-2-4-13(12)18-15(16)20/h1-8,21H,9H2,(H,18,20)/t16-/m0/s1. The van der Waals surface area contributed by atoms with E-state index in [0.29, 0.717) is 16.8 Å². The maximum Gasteiger partial charge on any atom is 0.261 e. The van der Waals surface area contributed by atoms with Gasteiger partial charge in [0.15, 0.2) is 11.4 Å². The molecule has 2 aromatic rings. The van der Waals surface area contributed by atoms with Crippen LogP contribution in [0.1, 0.15) is 22.3 Å². The van der Waals surface area contributed by atoms with Gasteiger partial charge in [-0.25, -0.2) is 0 Å². The SMILES string of the molecule is O=C(C[C@@]1(O)C(=O)Nc2ccccc21)c1ccc(I)cc1. The first-order valence-corrected chi connectivity index (χ1v) is 7.51. The van der Waals surface area contributed by atoms with Gasteiger partial charge in [-0.05, 0) is 40.8 Å². The predicted octanol–water partition coefficient (Wildman–Crippen LogP) is 2.70. The average Bonchev–Trinajstić information content (AvgIpc) is 2.71. The number of para-hydroxylation sites is 1. The number of halogens is 1. The lowest BCUT2D eigenvalue weighted by Gasteiger charge is -2.19. The Labute approximate surface area is 135 Å². The molecule has 0 bridgehead atoms. The first-order valence-electron chi connectivity index (χ1n) is 6.43. The van der Waals surface area contributed by atoms with Gasteiger partial charge in [0.1, 0.15) is 0 Å². The summed E-state index contributed by atoms with van der Waals surface area (Å²) in [6.45, 7) is 0. The second-order valence-corrected chi connectivity index (χ2v) is 6.21. The van der Waals surface area contributed by atoms with Crippen LogP contribution in [0.3, 0.4) is 0 Å². The molecule has 2 aromatic carbocycles. The lowest BCUT2D eigenvalue weighted by Crippen LogP contribution is -2.36. The Morgan fingerprint density at radius 2 is 1.81 bits per heavy atom. The maximum absolute atomic E-state index is 12.3. The number of aliphatic hydroxyl groups is 1. The lowest BCUT2D eigenvalue weighted by atomic mass is 9.88. The second kappa shape index (κ2) is 5.23. The number of Topliss-reactive ketones (excluding diaryl/α,β-unsaturated/α-hetero) is 1. The van der Waals surface area contributed by atoms with E-state index in [9.17, 15) is 14.7 Å². The van der Waals surface area contributed by atoms with Crippen LogP contribution < -0.4 is 5.32 Å². The van der Waals surface area contributed by atoms with Gasteiger partial charge in [-0.1, -0.05) is 30.3 Å². The zero-order valence-electron chi connectivity index (χ0n) is 11.0. The highest BCUT2D eigenvalue weighted by Crippen LogP contribution is 2.38. The first-order chi connectivity index (χ1) is 10.0. The summed E-state index contributed by atoms with van der Waals surface area (Å²) in [5.74, 6) is -0.816. The van der Waals surface area contributed by atoms with Gasteiger partial charge < -0.3 is 10.4 Å². The summed E-state index contributed by atoms with van der Waals surface area (Å²) in [6.07, 6.45) is -0.267. The summed E-state index contributed by atoms with van der Waals surface area (Å²) in [5.41, 5.74) is -0.299. The van der Waals surface area contributed by atoms with Crippen molar-refractivity contribution in [3.05, 3.63) is 63.2 Å². The second-order valence-electron chi connectivity index (χ2n) is 4.97. The maximum atomic E-state index is 12.3. The fraction of sp³-hybridized carbons (Fsp3) is 0.125. The minimum Gasteiger partial charge on any atom is -0.375 e. The van der Waals surface area contributed by atoms with E-state index in [2.05, 4.69) is 27.9 Å². The van der Waals surface area contributed by atoms with Gasteiger partial charge in [0.2, 0.25) is 0 Å². The van der Waals surface area contributed by atoms with Crippen molar-refractivity contribution in [2.24, 2.45) is 0 Å². The van der Waals surface area contributed by atoms with E-state index in [1.54, 1.807) is 36.4 Å². The molecule has 1 aliphatic heterocycles. The van der Waals surface area contributed by atoms with Crippen LogP contribution in [0.2, 0.25) is 0 Å². The van der Waals surface area contributed by atoms with Crippen LogP contribution in [-0.4, -0.2) is 16.8 Å². The normalized spacial score (nSPS) is 20.0. The van der Waals surface area contributed by atoms with Gasteiger partial charge in [0.25, 0.3) is 5.91 Å². The largest absolute Gasteiger partial charge is 0.375 e. The molecule has 0 aliphatic carbocycles. The van der Waals surface area contributed by atoms with Gasteiger partial charge in [-0.2, -0.15) is 0 Å². The van der Waals surface area contributed by atoms with E-state index in [1.807, 2.05) is 12.1 Å². The Bertz CT molecular complexity index is 727. The fourth-order valence-electron chi connectivity index (χ4n) is 2.45. The Balaban J connectivity index is 1.92. The molecule has 0 spiro atoms. The minimum absolute atomic E-state index is 0.263. The van der Waals surface area contributed by atoms with Crippen LogP contribution in [0.5, 0.6) is 0 Å². The van der Waals surface area contributed by atoms with Crippen LogP contribution in [0.25, 0.3) is 0 Å². The lowest BCUT2D eigenvalue weighted by molar-refractivity contribution is -0.133. The molecule has 2 N–H and O–H groups in total. The molecule has 106 valence electrons. The summed E-state index contributed by atoms with van der Waals surface area (Å²) in [5, 5.41) is 13.3. The number of fused-ring (bicyclic) bond motifs is 1. The Morgan fingerprint density at radius 1 is 1.14 bits per heavy atom. The van der Waals surface area contributed by atoms with Crippen molar-refractivity contribution in [2.75, 3.05) is 5.32 Å². The number of anilines is 1. The summed E-state index contributed by atoms with van der Waals surface area (Å²) < 4.78 is 1.02. The van der Waals surface area contributed by atoms with Crippen LogP contribution in [0.4, 0.5) is 5.69 Å². The van der Waals surface area contributed by atoms with Crippen LogP contribution in [-0.2, 0) is 10.4 Å². The van der Waals surface area contributed by atoms with Crippen molar-refractivity contribution in [3.63, 3.8) is 0 Å². The number of ketones is 1. The number of carbonyl (C=O) groups excluding carboxylic acids is 2. The average molecular weight is 393 g/mol. The highest BCUT2D eigenvalue weighted by atomic mass is 127. The molecule has 0 unspecified atom stereocenters. The number of hydrogen-bond donors (Lipinski definition) is 2. The molecule has 1 atom stereocenters. The van der Waals surface area contributed by atoms with Crippen molar-refractivity contribution in [3.8, 4) is 0 Å². The van der Waals surface area contributed by atoms with E-state index in [4.69, 9.17) is 0 Å². The summed E-state index contributed by atoms with van der Waals surface area (Å²) in [6, 6.07) is 13.9. The van der Waals surface area contributed by atoms with Crippen molar-refractivity contribution in [2.45, 2.75) is 12.0 Å². The zero-order valence-corrected chi connectivity index (χ0v) is 13.1. The molecular formula is C16H12INO3. The molecule has 4 nitrogen and oxygen atoms in total. The van der Waals surface area contributed by atoms with Crippen LogP contribution in [0, 0.1) is 3.57 Å². The van der Waals surface area contributed by atoms with Crippen LogP contribution in [0.15, 0.2) is 48.5 Å². The molecule has 3 rings (SSSR count). The Kier molecular flexibility index (Phi) is 3.54. The first kappa shape index (κ1) is 14.2. The number of nitrogens with one attached hydrogen (secondary N) is 1. The third-order valence-corrected chi connectivity index (χ3v) is 4.30. The van der Waals surface area contributed by atoms with E-state index in [1.165, 1.54) is 0 Å². The van der Waals surface area contributed by atoms with Crippen molar-refractivity contribution < 1.29 is 14.7 Å². The third kappa shape index (κ3) is 2.47. The summed E-state index contributed by atoms with van der Waals surface area (Å²) >= 11 is 2.15. The van der Waals surface area contributed by atoms with Crippen molar-refractivity contribution >= 4 is 40.0 Å². The molecular weight excluding hydrogens is 381 g/mol. The smallest absolute Gasteiger partial charge is 0.261 e. The number of rotatable bonds is 3. The Morgan fingerprint density at radius 3 is 2.52 bits per heavy atom. The topological polar surface area (TPSA) is 66.4 Å². The quantitative estimate of drug-likeness (QED) is 0.623. The molecule has 0 saturated heterocycles. The van der Waals surface area contributed by atoms with E-state index in [-0.39, 0.29) is 12.2 Å². The highest BCUT2D eigenvalue weighted by molar-refractivity contribution is 14.1. The molecule has 5 heteroatoms. The molecule has 0 fully saturated rings. The van der Waals surface area contributed by atoms with E-state index in [0.717, 1.165) is 3.57 Å². The zero-order chi connectivity index (χ0) is 15.0. The minimum atomic E-state index is -1.79. The van der Waals surface area contributed by atoms with Crippen molar-refractivity contribution in [1.29, 1.82) is 0 Å². The number of benzene rings is 2. The molecule has 1 heterocycles. The molecule has 1 amide bonds. The van der Waals surface area contributed by atoms with Gasteiger partial charge >= 0.3 is 0 Å². The van der Waals surface area contributed by atoms with Crippen molar-refractivity contribution in [1.82, 2.24) is 0 Å². The Hall–Kier alpha value is -1.73. The van der Waals surface area contributed by atoms with E-state index >= 15 is 0 Å². The summed E-state index contributed by atoms with van der Waals surface area (Å²) in [7, 11) is 0. The molecule has 21 heavy (non-hydrogen) atoms. The monoisotopic (exact) mass is 393 g/mol.